The van der Waals surface area contributed by atoms with Crippen LogP contribution in [0.2, 0.25) is 0 Å². The van der Waals surface area contributed by atoms with Crippen molar-refractivity contribution in [3.63, 3.8) is 0 Å². The third-order valence-corrected chi connectivity index (χ3v) is 2.60. The van der Waals surface area contributed by atoms with Crippen molar-refractivity contribution >= 4 is 23.7 Å². The molecule has 0 heterocycles. The van der Waals surface area contributed by atoms with Crippen molar-refractivity contribution in [3.05, 3.63) is 0 Å². The number of rotatable bonds is 10. The summed E-state index contributed by atoms with van der Waals surface area (Å²) >= 11 is 0. The van der Waals surface area contributed by atoms with E-state index in [9.17, 15) is 14.4 Å². The SMILES string of the molecule is NC(=O)CC[C@H](NC(=O)C(N)CCCN=C(N)N)C(=O)O. The van der Waals surface area contributed by atoms with Crippen LogP contribution in [0.1, 0.15) is 25.7 Å². The van der Waals surface area contributed by atoms with E-state index in [4.69, 9.17) is 28.0 Å². The average molecular weight is 302 g/mol. The lowest BCUT2D eigenvalue weighted by Gasteiger charge is -2.17. The molecule has 10 heteroatoms. The predicted octanol–water partition coefficient (Wildman–Crippen LogP) is -2.80. The van der Waals surface area contributed by atoms with Crippen LogP contribution in [0.25, 0.3) is 0 Å². The van der Waals surface area contributed by atoms with Crippen molar-refractivity contribution in [3.8, 4) is 0 Å². The number of hydrogen-bond donors (Lipinski definition) is 6. The molecule has 0 saturated heterocycles. The summed E-state index contributed by atoms with van der Waals surface area (Å²) in [5, 5.41) is 11.2. The van der Waals surface area contributed by atoms with Gasteiger partial charge in [-0.05, 0) is 19.3 Å². The summed E-state index contributed by atoms with van der Waals surface area (Å²) in [6, 6.07) is -2.08. The van der Waals surface area contributed by atoms with Crippen molar-refractivity contribution in [2.75, 3.05) is 6.54 Å². The number of carbonyl (C=O) groups is 3. The molecular formula is C11H22N6O4. The largest absolute Gasteiger partial charge is 0.480 e. The van der Waals surface area contributed by atoms with Crippen LogP contribution in [-0.4, -0.2) is 47.5 Å². The fraction of sp³-hybridized carbons (Fsp3) is 0.636. The molecule has 120 valence electrons. The first-order chi connectivity index (χ1) is 9.73. The van der Waals surface area contributed by atoms with E-state index in [1.807, 2.05) is 0 Å². The number of carbonyl (C=O) groups excluding carboxylic acids is 2. The molecule has 0 aromatic carbocycles. The van der Waals surface area contributed by atoms with E-state index in [0.29, 0.717) is 19.4 Å². The minimum absolute atomic E-state index is 0.0505. The summed E-state index contributed by atoms with van der Waals surface area (Å²) in [5.74, 6) is -2.56. The van der Waals surface area contributed by atoms with E-state index in [0.717, 1.165) is 0 Å². The van der Waals surface area contributed by atoms with E-state index >= 15 is 0 Å². The number of nitrogens with two attached hydrogens (primary N) is 4. The third-order valence-electron chi connectivity index (χ3n) is 2.60. The fourth-order valence-electron chi connectivity index (χ4n) is 1.47. The van der Waals surface area contributed by atoms with Gasteiger partial charge in [-0.2, -0.15) is 0 Å². The Morgan fingerprint density at radius 2 is 1.76 bits per heavy atom. The van der Waals surface area contributed by atoms with E-state index in [-0.39, 0.29) is 18.8 Å². The standard InChI is InChI=1S/C11H22N6O4/c12-6(2-1-5-16-11(14)15)9(19)17-7(10(20)21)3-4-8(13)18/h6-7H,1-5,12H2,(H2,13,18)(H,17,19)(H,20,21)(H4,14,15,16)/t6?,7-/m0/s1. The Bertz CT molecular complexity index is 408. The van der Waals surface area contributed by atoms with Gasteiger partial charge in [-0.1, -0.05) is 0 Å². The molecule has 0 rings (SSSR count). The highest BCUT2D eigenvalue weighted by molar-refractivity contribution is 5.87. The molecule has 0 saturated carbocycles. The second-order valence-electron chi connectivity index (χ2n) is 4.46. The first-order valence-electron chi connectivity index (χ1n) is 6.36. The topological polar surface area (TPSA) is 200 Å². The highest BCUT2D eigenvalue weighted by Gasteiger charge is 2.23. The molecule has 2 atom stereocenters. The highest BCUT2D eigenvalue weighted by Crippen LogP contribution is 2.00. The number of amides is 2. The van der Waals surface area contributed by atoms with Gasteiger partial charge in [0.15, 0.2) is 5.96 Å². The van der Waals surface area contributed by atoms with Crippen LogP contribution < -0.4 is 28.3 Å². The number of aliphatic carboxylic acids is 1. The molecule has 0 aromatic heterocycles. The van der Waals surface area contributed by atoms with Crippen molar-refractivity contribution in [2.24, 2.45) is 27.9 Å². The van der Waals surface area contributed by atoms with E-state index in [2.05, 4.69) is 10.3 Å². The number of hydrogen-bond acceptors (Lipinski definition) is 5. The Morgan fingerprint density at radius 3 is 2.24 bits per heavy atom. The first-order valence-corrected chi connectivity index (χ1v) is 6.36. The number of carboxylic acids is 1. The molecule has 0 fully saturated rings. The molecule has 21 heavy (non-hydrogen) atoms. The molecule has 0 aromatic rings. The summed E-state index contributed by atoms with van der Waals surface area (Å²) in [4.78, 5) is 37.0. The quantitative estimate of drug-likeness (QED) is 0.142. The van der Waals surface area contributed by atoms with Gasteiger partial charge in [-0.3, -0.25) is 14.6 Å². The zero-order valence-electron chi connectivity index (χ0n) is 11.6. The maximum Gasteiger partial charge on any atom is 0.326 e. The van der Waals surface area contributed by atoms with Gasteiger partial charge in [0.1, 0.15) is 6.04 Å². The maximum absolute atomic E-state index is 11.7. The summed E-state index contributed by atoms with van der Waals surface area (Å²) in [6.45, 7) is 0.327. The van der Waals surface area contributed by atoms with Gasteiger partial charge in [0, 0.05) is 13.0 Å². The molecule has 0 radical (unpaired) electrons. The Hall–Kier alpha value is -2.36. The van der Waals surface area contributed by atoms with Gasteiger partial charge in [0.25, 0.3) is 0 Å². The molecule has 0 aliphatic heterocycles. The zero-order valence-corrected chi connectivity index (χ0v) is 11.6. The van der Waals surface area contributed by atoms with E-state index < -0.39 is 29.9 Å². The van der Waals surface area contributed by atoms with Crippen LogP contribution >= 0.6 is 0 Å². The number of guanidine groups is 1. The van der Waals surface area contributed by atoms with Gasteiger partial charge < -0.3 is 33.4 Å². The predicted molar refractivity (Wildman–Crippen MR) is 75.9 cm³/mol. The lowest BCUT2D eigenvalue weighted by atomic mass is 10.1. The minimum atomic E-state index is -1.25. The van der Waals surface area contributed by atoms with Crippen LogP contribution in [0.3, 0.4) is 0 Å². The summed E-state index contributed by atoms with van der Waals surface area (Å²) in [6.07, 6.45) is 0.546. The fourth-order valence-corrected chi connectivity index (χ4v) is 1.47. The molecule has 10 nitrogen and oxygen atoms in total. The van der Waals surface area contributed by atoms with Crippen LogP contribution in [0.15, 0.2) is 4.99 Å². The Kier molecular flexibility index (Phi) is 8.46. The second-order valence-corrected chi connectivity index (χ2v) is 4.46. The van der Waals surface area contributed by atoms with Gasteiger partial charge in [0.2, 0.25) is 11.8 Å². The third kappa shape index (κ3) is 9.21. The summed E-state index contributed by atoms with van der Waals surface area (Å²) in [7, 11) is 0. The first kappa shape index (κ1) is 18.6. The molecular weight excluding hydrogens is 280 g/mol. The summed E-state index contributed by atoms with van der Waals surface area (Å²) < 4.78 is 0. The zero-order chi connectivity index (χ0) is 16.4. The van der Waals surface area contributed by atoms with Crippen molar-refractivity contribution in [2.45, 2.75) is 37.8 Å². The average Bonchev–Trinajstić information content (AvgIpc) is 2.38. The number of carboxylic acid groups (broad SMARTS) is 1. The molecule has 0 spiro atoms. The van der Waals surface area contributed by atoms with Crippen molar-refractivity contribution in [1.29, 1.82) is 0 Å². The monoisotopic (exact) mass is 302 g/mol. The van der Waals surface area contributed by atoms with Crippen LogP contribution in [0.4, 0.5) is 0 Å². The van der Waals surface area contributed by atoms with Gasteiger partial charge in [0.05, 0.1) is 6.04 Å². The lowest BCUT2D eigenvalue weighted by Crippen LogP contribution is -2.48. The van der Waals surface area contributed by atoms with Gasteiger partial charge in [-0.15, -0.1) is 0 Å². The lowest BCUT2D eigenvalue weighted by molar-refractivity contribution is -0.142. The van der Waals surface area contributed by atoms with Crippen LogP contribution in [0.5, 0.6) is 0 Å². The molecule has 1 unspecified atom stereocenters. The van der Waals surface area contributed by atoms with E-state index in [1.54, 1.807) is 0 Å². The van der Waals surface area contributed by atoms with E-state index in [1.165, 1.54) is 0 Å². The summed E-state index contributed by atoms with van der Waals surface area (Å²) in [5.41, 5.74) is 20.8. The van der Waals surface area contributed by atoms with Crippen molar-refractivity contribution < 1.29 is 19.5 Å². The highest BCUT2D eigenvalue weighted by atomic mass is 16.4. The normalized spacial score (nSPS) is 13.0. The minimum Gasteiger partial charge on any atom is -0.480 e. The van der Waals surface area contributed by atoms with Crippen LogP contribution in [-0.2, 0) is 14.4 Å². The number of primary amides is 1. The smallest absolute Gasteiger partial charge is 0.326 e. The second kappa shape index (κ2) is 9.53. The number of nitrogens with zero attached hydrogens (tertiary/aromatic N) is 1. The number of aliphatic imine (C=N–C) groups is 1. The molecule has 0 aliphatic rings. The molecule has 0 aliphatic carbocycles. The van der Waals surface area contributed by atoms with Crippen LogP contribution in [0, 0.1) is 0 Å². The Labute approximate surface area is 121 Å². The number of nitrogens with one attached hydrogen (secondary N) is 1. The maximum atomic E-state index is 11.7. The molecule has 10 N–H and O–H groups in total. The van der Waals surface area contributed by atoms with Gasteiger partial charge >= 0.3 is 5.97 Å². The van der Waals surface area contributed by atoms with Gasteiger partial charge in [-0.25, -0.2) is 4.79 Å². The van der Waals surface area contributed by atoms with Crippen molar-refractivity contribution in [1.82, 2.24) is 5.32 Å². The molecule has 2 amide bonds. The Morgan fingerprint density at radius 1 is 1.14 bits per heavy atom. The Balaban J connectivity index is 4.24. The molecule has 0 bridgehead atoms.